The van der Waals surface area contributed by atoms with Crippen LogP contribution in [-0.4, -0.2) is 29.6 Å². The minimum absolute atomic E-state index is 0.0275. The molecule has 1 aliphatic rings. The molecule has 0 radical (unpaired) electrons. The highest BCUT2D eigenvalue weighted by molar-refractivity contribution is 5.92. The van der Waals surface area contributed by atoms with E-state index in [1.165, 1.54) is 37.6 Å². The number of pyridine rings is 1. The van der Waals surface area contributed by atoms with Crippen LogP contribution in [0.15, 0.2) is 59.3 Å². The van der Waals surface area contributed by atoms with E-state index in [0.717, 1.165) is 0 Å². The fraction of sp³-hybridized carbons (Fsp3) is 0.227. The number of nitro groups is 1. The number of nitrogens with zero attached hydrogens (tertiary/aromatic N) is 3. The number of carbonyl (C=O) groups is 1. The van der Waals surface area contributed by atoms with E-state index in [9.17, 15) is 20.2 Å². The summed E-state index contributed by atoms with van der Waals surface area (Å²) in [5.74, 6) is -1.34. The molecule has 170 valence electrons. The number of allylic oxidation sites excluding steroid dienone is 2. The molecule has 1 aliphatic heterocycles. The van der Waals surface area contributed by atoms with Gasteiger partial charge in [-0.25, -0.2) is 9.78 Å². The molecular formula is C22H20N4O7. The summed E-state index contributed by atoms with van der Waals surface area (Å²) in [5, 5.41) is 21.0. The molecule has 3 rings (SSSR count). The quantitative estimate of drug-likeness (QED) is 0.374. The first kappa shape index (κ1) is 23.1. The Hall–Kier alpha value is -4.59. The summed E-state index contributed by atoms with van der Waals surface area (Å²) in [7, 11) is 1.38. The number of aromatic nitrogens is 1. The molecule has 0 saturated heterocycles. The van der Waals surface area contributed by atoms with Gasteiger partial charge in [-0.05, 0) is 37.6 Å². The highest BCUT2D eigenvalue weighted by Crippen LogP contribution is 2.43. The van der Waals surface area contributed by atoms with Crippen molar-refractivity contribution in [3.63, 3.8) is 0 Å². The van der Waals surface area contributed by atoms with Crippen molar-refractivity contribution in [2.75, 3.05) is 13.7 Å². The van der Waals surface area contributed by atoms with Gasteiger partial charge in [-0.15, -0.1) is 0 Å². The Labute approximate surface area is 188 Å². The molecule has 1 aromatic carbocycles. The lowest BCUT2D eigenvalue weighted by atomic mass is 9.83. The summed E-state index contributed by atoms with van der Waals surface area (Å²) in [6, 6.07) is 9.29. The molecule has 0 fully saturated rings. The van der Waals surface area contributed by atoms with Gasteiger partial charge in [0.2, 0.25) is 5.88 Å². The standard InChI is InChI=1S/C22H20N4O7/c1-4-31-22(27)18-12(2)32-20(24)14(11-23)19(18)13-7-8-16(17(10-13)30-3)33-21-15(26(28)29)6-5-9-25-21/h5-10,19H,4,24H2,1-3H3. The molecule has 0 saturated carbocycles. The van der Waals surface area contributed by atoms with Gasteiger partial charge in [-0.3, -0.25) is 10.1 Å². The van der Waals surface area contributed by atoms with E-state index in [4.69, 9.17) is 24.7 Å². The molecule has 33 heavy (non-hydrogen) atoms. The van der Waals surface area contributed by atoms with Gasteiger partial charge in [-0.2, -0.15) is 5.26 Å². The monoisotopic (exact) mass is 452 g/mol. The second-order valence-electron chi connectivity index (χ2n) is 6.71. The number of rotatable bonds is 7. The van der Waals surface area contributed by atoms with Crippen LogP contribution in [0, 0.1) is 21.4 Å². The number of hydrogen-bond acceptors (Lipinski definition) is 10. The number of carbonyl (C=O) groups excluding carboxylic acids is 1. The normalized spacial score (nSPS) is 15.4. The van der Waals surface area contributed by atoms with Gasteiger partial charge < -0.3 is 24.7 Å². The molecule has 0 spiro atoms. The van der Waals surface area contributed by atoms with Crippen LogP contribution in [0.3, 0.4) is 0 Å². The summed E-state index contributed by atoms with van der Waals surface area (Å²) < 4.78 is 21.6. The molecule has 0 aliphatic carbocycles. The van der Waals surface area contributed by atoms with Crippen molar-refractivity contribution in [2.24, 2.45) is 5.73 Å². The second-order valence-corrected chi connectivity index (χ2v) is 6.71. The van der Waals surface area contributed by atoms with E-state index in [1.54, 1.807) is 19.9 Å². The van der Waals surface area contributed by atoms with Gasteiger partial charge in [0, 0.05) is 12.3 Å². The van der Waals surface area contributed by atoms with Crippen molar-refractivity contribution < 1.29 is 28.7 Å². The Balaban J connectivity index is 2.09. The Bertz CT molecular complexity index is 1210. The van der Waals surface area contributed by atoms with Gasteiger partial charge in [0.25, 0.3) is 5.88 Å². The molecule has 0 amide bonds. The van der Waals surface area contributed by atoms with Gasteiger partial charge in [-0.1, -0.05) is 6.07 Å². The number of methoxy groups -OCH3 is 1. The van der Waals surface area contributed by atoms with E-state index in [1.807, 2.05) is 6.07 Å². The predicted molar refractivity (Wildman–Crippen MR) is 114 cm³/mol. The Morgan fingerprint density at radius 1 is 1.36 bits per heavy atom. The first-order valence-electron chi connectivity index (χ1n) is 9.73. The van der Waals surface area contributed by atoms with Crippen LogP contribution in [0.25, 0.3) is 0 Å². The maximum atomic E-state index is 12.7. The highest BCUT2D eigenvalue weighted by atomic mass is 16.6. The molecule has 1 atom stereocenters. The highest BCUT2D eigenvalue weighted by Gasteiger charge is 2.36. The SMILES string of the molecule is CCOC(=O)C1=C(C)OC(N)=C(C#N)C1c1ccc(Oc2ncccc2[N+](=O)[O-])c(OC)c1. The third-order valence-electron chi connectivity index (χ3n) is 4.78. The van der Waals surface area contributed by atoms with E-state index in [0.29, 0.717) is 5.56 Å². The zero-order valence-corrected chi connectivity index (χ0v) is 18.0. The van der Waals surface area contributed by atoms with Crippen molar-refractivity contribution in [1.82, 2.24) is 4.98 Å². The van der Waals surface area contributed by atoms with Gasteiger partial charge in [0.15, 0.2) is 11.5 Å². The van der Waals surface area contributed by atoms with Crippen LogP contribution < -0.4 is 15.2 Å². The van der Waals surface area contributed by atoms with E-state index >= 15 is 0 Å². The molecular weight excluding hydrogens is 432 g/mol. The summed E-state index contributed by atoms with van der Waals surface area (Å²) >= 11 is 0. The number of nitriles is 1. The van der Waals surface area contributed by atoms with Crippen molar-refractivity contribution >= 4 is 11.7 Å². The molecule has 11 nitrogen and oxygen atoms in total. The minimum atomic E-state index is -0.880. The topological polar surface area (TPSA) is 160 Å². The smallest absolute Gasteiger partial charge is 0.338 e. The van der Waals surface area contributed by atoms with Crippen LogP contribution in [-0.2, 0) is 14.3 Å². The molecule has 2 aromatic rings. The molecule has 11 heteroatoms. The lowest BCUT2D eigenvalue weighted by molar-refractivity contribution is -0.386. The average molecular weight is 452 g/mol. The maximum absolute atomic E-state index is 12.7. The fourth-order valence-electron chi connectivity index (χ4n) is 3.34. The molecule has 2 heterocycles. The van der Waals surface area contributed by atoms with E-state index in [-0.39, 0.29) is 52.5 Å². The van der Waals surface area contributed by atoms with E-state index in [2.05, 4.69) is 4.98 Å². The summed E-state index contributed by atoms with van der Waals surface area (Å²) in [5.41, 5.74) is 6.21. The van der Waals surface area contributed by atoms with Gasteiger partial charge in [0.1, 0.15) is 17.4 Å². The largest absolute Gasteiger partial charge is 0.493 e. The van der Waals surface area contributed by atoms with Crippen LogP contribution in [0.4, 0.5) is 5.69 Å². The summed E-state index contributed by atoms with van der Waals surface area (Å²) in [6.07, 6.45) is 1.36. The number of ether oxygens (including phenoxy) is 4. The second kappa shape index (κ2) is 9.69. The van der Waals surface area contributed by atoms with Crippen LogP contribution in [0.5, 0.6) is 17.4 Å². The molecule has 1 unspecified atom stereocenters. The number of esters is 1. The van der Waals surface area contributed by atoms with Crippen molar-refractivity contribution in [2.45, 2.75) is 19.8 Å². The molecule has 2 N–H and O–H groups in total. The first-order chi connectivity index (χ1) is 15.8. The lowest BCUT2D eigenvalue weighted by Crippen LogP contribution is -2.25. The predicted octanol–water partition coefficient (Wildman–Crippen LogP) is 3.44. The number of nitrogens with two attached hydrogens (primary N) is 1. The first-order valence-corrected chi connectivity index (χ1v) is 9.73. The Morgan fingerprint density at radius 3 is 2.76 bits per heavy atom. The van der Waals surface area contributed by atoms with Crippen LogP contribution in [0.2, 0.25) is 0 Å². The van der Waals surface area contributed by atoms with E-state index < -0.39 is 16.8 Å². The fourth-order valence-corrected chi connectivity index (χ4v) is 3.34. The summed E-state index contributed by atoms with van der Waals surface area (Å²) in [4.78, 5) is 27.2. The van der Waals surface area contributed by atoms with Crippen molar-refractivity contribution in [1.29, 1.82) is 5.26 Å². The minimum Gasteiger partial charge on any atom is -0.493 e. The average Bonchev–Trinajstić information content (AvgIpc) is 2.79. The van der Waals surface area contributed by atoms with Crippen molar-refractivity contribution in [3.05, 3.63) is 75.0 Å². The Morgan fingerprint density at radius 2 is 2.12 bits per heavy atom. The number of benzene rings is 1. The third-order valence-corrected chi connectivity index (χ3v) is 4.78. The van der Waals surface area contributed by atoms with Crippen molar-refractivity contribution in [3.8, 4) is 23.4 Å². The lowest BCUT2D eigenvalue weighted by Gasteiger charge is -2.27. The van der Waals surface area contributed by atoms with Gasteiger partial charge >= 0.3 is 11.7 Å². The zero-order chi connectivity index (χ0) is 24.1. The van der Waals surface area contributed by atoms with Crippen LogP contribution >= 0.6 is 0 Å². The number of hydrogen-bond donors (Lipinski definition) is 1. The Kier molecular flexibility index (Phi) is 6.78. The maximum Gasteiger partial charge on any atom is 0.338 e. The third kappa shape index (κ3) is 4.54. The zero-order valence-electron chi connectivity index (χ0n) is 18.0. The molecule has 1 aromatic heterocycles. The summed E-state index contributed by atoms with van der Waals surface area (Å²) in [6.45, 7) is 3.34. The van der Waals surface area contributed by atoms with Crippen LogP contribution in [0.1, 0.15) is 25.3 Å². The van der Waals surface area contributed by atoms with Gasteiger partial charge in [0.05, 0.1) is 30.1 Å². The molecule has 0 bridgehead atoms.